The Kier molecular flexibility index (Phi) is 3.89. The van der Waals surface area contributed by atoms with Crippen LogP contribution in [-0.2, 0) is 10.0 Å². The van der Waals surface area contributed by atoms with E-state index in [1.165, 1.54) is 6.07 Å². The summed E-state index contributed by atoms with van der Waals surface area (Å²) < 4.78 is 23.1. The molecule has 5 nitrogen and oxygen atoms in total. The summed E-state index contributed by atoms with van der Waals surface area (Å²) in [5.41, 5.74) is 0.667. The molecule has 6 heteroatoms. The number of para-hydroxylation sites is 1. The fraction of sp³-hybridized carbons (Fsp3) is 0.500. The van der Waals surface area contributed by atoms with E-state index in [0.717, 1.165) is 25.9 Å². The second kappa shape index (κ2) is 5.26. The lowest BCUT2D eigenvalue weighted by molar-refractivity contribution is 0.263. The van der Waals surface area contributed by atoms with Gasteiger partial charge in [0.15, 0.2) is 0 Å². The highest BCUT2D eigenvalue weighted by atomic mass is 32.2. The van der Waals surface area contributed by atoms with E-state index in [2.05, 4.69) is 0 Å². The molecule has 1 aliphatic rings. The highest BCUT2D eigenvalue weighted by Crippen LogP contribution is 2.30. The zero-order valence-corrected chi connectivity index (χ0v) is 10.9. The topological polar surface area (TPSA) is 83.6 Å². The van der Waals surface area contributed by atoms with Gasteiger partial charge >= 0.3 is 0 Å². The lowest BCUT2D eigenvalue weighted by Crippen LogP contribution is -2.24. The average molecular weight is 270 g/mol. The summed E-state index contributed by atoms with van der Waals surface area (Å²) in [6.07, 6.45) is 1.73. The van der Waals surface area contributed by atoms with E-state index in [4.69, 9.17) is 10.2 Å². The minimum absolute atomic E-state index is 0.176. The standard InChI is InChI=1S/C12H18N2O3S/c13-18(16,17)12-4-2-1-3-11(12)14-7-5-10(9-14)6-8-15/h1-4,10,15H,5-9H2,(H2,13,16,17). The quantitative estimate of drug-likeness (QED) is 0.836. The van der Waals surface area contributed by atoms with Gasteiger partial charge in [-0.15, -0.1) is 0 Å². The van der Waals surface area contributed by atoms with Gasteiger partial charge in [0.1, 0.15) is 4.90 Å². The zero-order chi connectivity index (χ0) is 13.2. The van der Waals surface area contributed by atoms with E-state index in [1.54, 1.807) is 12.1 Å². The van der Waals surface area contributed by atoms with Crippen LogP contribution in [0.4, 0.5) is 5.69 Å². The molecule has 0 aliphatic carbocycles. The monoisotopic (exact) mass is 270 g/mol. The summed E-state index contributed by atoms with van der Waals surface area (Å²) in [5.74, 6) is 0.420. The maximum Gasteiger partial charge on any atom is 0.240 e. The molecule has 1 heterocycles. The summed E-state index contributed by atoms with van der Waals surface area (Å²) in [6.45, 7) is 1.75. The van der Waals surface area contributed by atoms with Gasteiger partial charge in [-0.05, 0) is 30.9 Å². The van der Waals surface area contributed by atoms with Crippen molar-refractivity contribution in [3.05, 3.63) is 24.3 Å². The Morgan fingerprint density at radius 3 is 2.78 bits per heavy atom. The van der Waals surface area contributed by atoms with Crippen LogP contribution >= 0.6 is 0 Å². The lowest BCUT2D eigenvalue weighted by atomic mass is 10.1. The largest absolute Gasteiger partial charge is 0.396 e. The second-order valence-electron chi connectivity index (χ2n) is 4.63. The SMILES string of the molecule is NS(=O)(=O)c1ccccc1N1CCC(CCO)C1. The van der Waals surface area contributed by atoms with E-state index in [9.17, 15) is 8.42 Å². The van der Waals surface area contributed by atoms with E-state index >= 15 is 0 Å². The molecule has 0 amide bonds. The predicted octanol–water partition coefficient (Wildman–Crippen LogP) is 0.543. The first-order chi connectivity index (χ1) is 8.52. The van der Waals surface area contributed by atoms with E-state index < -0.39 is 10.0 Å². The molecule has 1 unspecified atom stereocenters. The Hall–Kier alpha value is -1.11. The van der Waals surface area contributed by atoms with Crippen molar-refractivity contribution in [2.45, 2.75) is 17.7 Å². The van der Waals surface area contributed by atoms with Gasteiger partial charge in [0.2, 0.25) is 10.0 Å². The van der Waals surface area contributed by atoms with Crippen molar-refractivity contribution >= 4 is 15.7 Å². The maximum absolute atomic E-state index is 11.5. The van der Waals surface area contributed by atoms with Crippen molar-refractivity contribution < 1.29 is 13.5 Å². The lowest BCUT2D eigenvalue weighted by Gasteiger charge is -2.21. The molecule has 100 valence electrons. The highest BCUT2D eigenvalue weighted by Gasteiger charge is 2.25. The summed E-state index contributed by atoms with van der Waals surface area (Å²) in [4.78, 5) is 2.20. The van der Waals surface area contributed by atoms with Crippen LogP contribution < -0.4 is 10.0 Å². The average Bonchev–Trinajstić information content (AvgIpc) is 2.77. The molecule has 18 heavy (non-hydrogen) atoms. The third-order valence-electron chi connectivity index (χ3n) is 3.34. The molecule has 1 aliphatic heterocycles. The molecule has 2 rings (SSSR count). The molecule has 0 aromatic heterocycles. The van der Waals surface area contributed by atoms with Crippen LogP contribution in [0.3, 0.4) is 0 Å². The van der Waals surface area contributed by atoms with Crippen LogP contribution in [0, 0.1) is 5.92 Å². The first kappa shape index (κ1) is 13.3. The fourth-order valence-corrected chi connectivity index (χ4v) is 3.19. The number of aliphatic hydroxyl groups is 1. The number of nitrogens with zero attached hydrogens (tertiary/aromatic N) is 1. The number of sulfonamides is 1. The van der Waals surface area contributed by atoms with Crippen LogP contribution in [0.25, 0.3) is 0 Å². The number of hydrogen-bond donors (Lipinski definition) is 2. The number of anilines is 1. The normalized spacial score (nSPS) is 20.3. The van der Waals surface area contributed by atoms with Crippen molar-refractivity contribution in [1.29, 1.82) is 0 Å². The summed E-state index contributed by atoms with van der Waals surface area (Å²) in [6, 6.07) is 6.79. The molecule has 3 N–H and O–H groups in total. The molecule has 0 radical (unpaired) electrons. The Bertz CT molecular complexity index is 516. The minimum atomic E-state index is -3.69. The van der Waals surface area contributed by atoms with Crippen LogP contribution in [-0.4, -0.2) is 33.2 Å². The Labute approximate surface area is 107 Å². The van der Waals surface area contributed by atoms with Gasteiger partial charge in [0, 0.05) is 19.7 Å². The van der Waals surface area contributed by atoms with Gasteiger partial charge in [-0.3, -0.25) is 0 Å². The molecule has 0 saturated carbocycles. The minimum Gasteiger partial charge on any atom is -0.396 e. The van der Waals surface area contributed by atoms with Crippen molar-refractivity contribution in [3.63, 3.8) is 0 Å². The summed E-state index contributed by atoms with van der Waals surface area (Å²) in [5, 5.41) is 14.2. The maximum atomic E-state index is 11.5. The summed E-state index contributed by atoms with van der Waals surface area (Å²) >= 11 is 0. The molecule has 1 aromatic carbocycles. The zero-order valence-electron chi connectivity index (χ0n) is 10.1. The third-order valence-corrected chi connectivity index (χ3v) is 4.29. The Balaban J connectivity index is 2.25. The Morgan fingerprint density at radius 1 is 1.39 bits per heavy atom. The van der Waals surface area contributed by atoms with Gasteiger partial charge in [-0.1, -0.05) is 12.1 Å². The summed E-state index contributed by atoms with van der Waals surface area (Å²) in [7, 11) is -3.69. The third kappa shape index (κ3) is 2.82. The number of aliphatic hydroxyl groups excluding tert-OH is 1. The van der Waals surface area contributed by atoms with E-state index in [1.807, 2.05) is 11.0 Å². The molecule has 1 atom stereocenters. The number of hydrogen-bond acceptors (Lipinski definition) is 4. The number of primary sulfonamides is 1. The van der Waals surface area contributed by atoms with Gasteiger partial charge in [-0.2, -0.15) is 0 Å². The van der Waals surface area contributed by atoms with E-state index in [-0.39, 0.29) is 11.5 Å². The number of benzene rings is 1. The molecular formula is C12H18N2O3S. The molecule has 0 spiro atoms. The Morgan fingerprint density at radius 2 is 2.11 bits per heavy atom. The van der Waals surface area contributed by atoms with Crippen LogP contribution in [0.1, 0.15) is 12.8 Å². The number of nitrogens with two attached hydrogens (primary N) is 1. The smallest absolute Gasteiger partial charge is 0.240 e. The van der Waals surface area contributed by atoms with Crippen LogP contribution in [0.5, 0.6) is 0 Å². The predicted molar refractivity (Wildman–Crippen MR) is 69.8 cm³/mol. The number of rotatable bonds is 4. The first-order valence-corrected chi connectivity index (χ1v) is 7.54. The molecule has 1 fully saturated rings. The van der Waals surface area contributed by atoms with Crippen LogP contribution in [0.15, 0.2) is 29.2 Å². The second-order valence-corrected chi connectivity index (χ2v) is 6.16. The van der Waals surface area contributed by atoms with Crippen molar-refractivity contribution in [2.75, 3.05) is 24.6 Å². The first-order valence-electron chi connectivity index (χ1n) is 6.00. The van der Waals surface area contributed by atoms with E-state index in [0.29, 0.717) is 11.6 Å². The molecule has 1 aromatic rings. The fourth-order valence-electron chi connectivity index (χ4n) is 2.43. The van der Waals surface area contributed by atoms with Crippen LogP contribution in [0.2, 0.25) is 0 Å². The van der Waals surface area contributed by atoms with Gasteiger partial charge in [0.05, 0.1) is 5.69 Å². The van der Waals surface area contributed by atoms with Crippen molar-refractivity contribution in [2.24, 2.45) is 11.1 Å². The van der Waals surface area contributed by atoms with Crippen molar-refractivity contribution in [1.82, 2.24) is 0 Å². The molecule has 0 bridgehead atoms. The molecular weight excluding hydrogens is 252 g/mol. The van der Waals surface area contributed by atoms with Gasteiger partial charge in [0.25, 0.3) is 0 Å². The highest BCUT2D eigenvalue weighted by molar-refractivity contribution is 7.89. The van der Waals surface area contributed by atoms with Gasteiger partial charge < -0.3 is 10.0 Å². The van der Waals surface area contributed by atoms with Gasteiger partial charge in [-0.25, -0.2) is 13.6 Å². The van der Waals surface area contributed by atoms with Crippen molar-refractivity contribution in [3.8, 4) is 0 Å². The molecule has 1 saturated heterocycles.